The maximum Gasteiger partial charge on any atom is 0.356 e. The van der Waals surface area contributed by atoms with Gasteiger partial charge >= 0.3 is 5.97 Å². The van der Waals surface area contributed by atoms with Gasteiger partial charge in [-0.3, -0.25) is 4.79 Å². The van der Waals surface area contributed by atoms with Crippen LogP contribution in [-0.2, 0) is 0 Å². The summed E-state index contributed by atoms with van der Waals surface area (Å²) >= 11 is 7.82. The lowest BCUT2D eigenvalue weighted by Gasteiger charge is -2.05. The number of carboxylic acids is 1. The molecule has 2 aromatic heterocycles. The van der Waals surface area contributed by atoms with Crippen molar-refractivity contribution in [1.29, 1.82) is 0 Å². The van der Waals surface area contributed by atoms with Gasteiger partial charge in [-0.1, -0.05) is 0 Å². The number of nitrogens with one attached hydrogen (secondary N) is 1. The molecule has 0 bridgehead atoms. The van der Waals surface area contributed by atoms with E-state index in [1.54, 1.807) is 12.1 Å². The third-order valence-electron chi connectivity index (χ3n) is 2.13. The third kappa shape index (κ3) is 3.20. The highest BCUT2D eigenvalue weighted by Crippen LogP contribution is 2.32. The van der Waals surface area contributed by atoms with Crippen LogP contribution in [0, 0.1) is 0 Å². The number of thiophene rings is 1. The van der Waals surface area contributed by atoms with E-state index in [0.29, 0.717) is 4.88 Å². The van der Waals surface area contributed by atoms with Crippen molar-refractivity contribution < 1.29 is 14.7 Å². The molecule has 0 radical (unpaired) electrons. The molecule has 2 rings (SSSR count). The number of halogens is 2. The number of carboxylic acid groups (broad SMARTS) is 1. The molecule has 0 aromatic carbocycles. The number of anilines is 1. The Morgan fingerprint density at radius 2 is 2.11 bits per heavy atom. The maximum atomic E-state index is 12.0. The van der Waals surface area contributed by atoms with Crippen LogP contribution in [0.1, 0.15) is 20.2 Å². The average molecular weight is 406 g/mol. The molecule has 2 N–H and O–H groups in total. The summed E-state index contributed by atoms with van der Waals surface area (Å²) in [7, 11) is 0. The summed E-state index contributed by atoms with van der Waals surface area (Å²) < 4.78 is 1.56. The highest BCUT2D eigenvalue weighted by Gasteiger charge is 2.16. The van der Waals surface area contributed by atoms with Gasteiger partial charge in [-0.05, 0) is 50.1 Å². The Morgan fingerprint density at radius 1 is 1.37 bits per heavy atom. The molecule has 0 atom stereocenters. The smallest absolute Gasteiger partial charge is 0.356 e. The van der Waals surface area contributed by atoms with Gasteiger partial charge in [-0.15, -0.1) is 11.3 Å². The minimum absolute atomic E-state index is 0.167. The minimum atomic E-state index is -1.19. The zero-order valence-electron chi connectivity index (χ0n) is 9.18. The maximum absolute atomic E-state index is 12.0. The van der Waals surface area contributed by atoms with Crippen LogP contribution in [0.25, 0.3) is 0 Å². The highest BCUT2D eigenvalue weighted by atomic mass is 79.9. The van der Waals surface area contributed by atoms with Gasteiger partial charge in [0.05, 0.1) is 14.4 Å². The highest BCUT2D eigenvalue weighted by molar-refractivity contribution is 9.13. The summed E-state index contributed by atoms with van der Waals surface area (Å²) in [6.07, 6.45) is 1.36. The Morgan fingerprint density at radius 3 is 2.68 bits per heavy atom. The fraction of sp³-hybridized carbons (Fsp3) is 0. The lowest BCUT2D eigenvalue weighted by Crippen LogP contribution is -2.14. The summed E-state index contributed by atoms with van der Waals surface area (Å²) in [5, 5.41) is 11.5. The zero-order valence-corrected chi connectivity index (χ0v) is 13.2. The Bertz CT molecular complexity index is 638. The van der Waals surface area contributed by atoms with Gasteiger partial charge in [-0.25, -0.2) is 9.78 Å². The van der Waals surface area contributed by atoms with Crippen LogP contribution in [0.15, 0.2) is 32.7 Å². The number of carbonyl (C=O) groups excluding carboxylic acids is 1. The molecule has 98 valence electrons. The molecule has 0 aliphatic heterocycles. The largest absolute Gasteiger partial charge is 0.476 e. The van der Waals surface area contributed by atoms with Crippen molar-refractivity contribution in [1.82, 2.24) is 4.98 Å². The molecule has 8 heteroatoms. The topological polar surface area (TPSA) is 79.3 Å². The third-order valence-corrected chi connectivity index (χ3v) is 5.38. The first kappa shape index (κ1) is 14.2. The summed E-state index contributed by atoms with van der Waals surface area (Å²) in [5.74, 6) is -1.57. The zero-order chi connectivity index (χ0) is 14.0. The lowest BCUT2D eigenvalue weighted by molar-refractivity contribution is 0.0692. The standard InChI is InChI=1S/C11H6Br2N2O3S/c12-5-4-7(19-9(5)13)10(16)15-6-2-1-3-14-8(6)11(17)18/h1-4H,(H,15,16)(H,17,18). The number of aromatic carboxylic acids is 1. The second-order valence-corrected chi connectivity index (χ2v) is 6.62. The van der Waals surface area contributed by atoms with Gasteiger partial charge in [0, 0.05) is 10.7 Å². The minimum Gasteiger partial charge on any atom is -0.476 e. The second kappa shape index (κ2) is 5.81. The molecular formula is C11H6Br2N2O3S. The summed E-state index contributed by atoms with van der Waals surface area (Å²) in [6.45, 7) is 0. The number of pyridine rings is 1. The van der Waals surface area contributed by atoms with Crippen molar-refractivity contribution in [3.05, 3.63) is 43.2 Å². The number of aromatic nitrogens is 1. The Kier molecular flexibility index (Phi) is 4.33. The first-order valence-corrected chi connectivity index (χ1v) is 7.34. The molecule has 5 nitrogen and oxygen atoms in total. The van der Waals surface area contributed by atoms with Gasteiger partial charge in [0.1, 0.15) is 0 Å². The van der Waals surface area contributed by atoms with Crippen molar-refractivity contribution in [2.24, 2.45) is 0 Å². The molecular weight excluding hydrogens is 400 g/mol. The van der Waals surface area contributed by atoms with E-state index < -0.39 is 5.97 Å². The Hall–Kier alpha value is -1.25. The number of hydrogen-bond acceptors (Lipinski definition) is 4. The summed E-state index contributed by atoms with van der Waals surface area (Å²) in [4.78, 5) is 27.1. The number of hydrogen-bond donors (Lipinski definition) is 2. The van der Waals surface area contributed by atoms with Gasteiger partial charge in [0.25, 0.3) is 5.91 Å². The number of rotatable bonds is 3. The normalized spacial score (nSPS) is 10.2. The van der Waals surface area contributed by atoms with Crippen LogP contribution >= 0.6 is 43.2 Å². The molecule has 2 heterocycles. The van der Waals surface area contributed by atoms with E-state index in [0.717, 1.165) is 8.26 Å². The van der Waals surface area contributed by atoms with E-state index >= 15 is 0 Å². The SMILES string of the molecule is O=C(Nc1cccnc1C(=O)O)c1cc(Br)c(Br)s1. The van der Waals surface area contributed by atoms with E-state index in [1.165, 1.54) is 23.6 Å². The molecule has 0 spiro atoms. The van der Waals surface area contributed by atoms with E-state index in [9.17, 15) is 9.59 Å². The lowest BCUT2D eigenvalue weighted by atomic mass is 10.3. The molecule has 2 aromatic rings. The van der Waals surface area contributed by atoms with Gasteiger partial charge in [0.2, 0.25) is 0 Å². The quantitative estimate of drug-likeness (QED) is 0.817. The van der Waals surface area contributed by atoms with Crippen molar-refractivity contribution in [3.8, 4) is 0 Å². The van der Waals surface area contributed by atoms with E-state index in [1.807, 2.05) is 0 Å². The van der Waals surface area contributed by atoms with Crippen molar-refractivity contribution in [3.63, 3.8) is 0 Å². The van der Waals surface area contributed by atoms with Crippen LogP contribution in [0.5, 0.6) is 0 Å². The molecule has 0 unspecified atom stereocenters. The summed E-state index contributed by atoms with van der Waals surface area (Å²) in [5.41, 5.74) is -0.0221. The van der Waals surface area contributed by atoms with Crippen LogP contribution in [0.3, 0.4) is 0 Å². The van der Waals surface area contributed by atoms with Crippen LogP contribution in [0.4, 0.5) is 5.69 Å². The molecule has 0 fully saturated rings. The second-order valence-electron chi connectivity index (χ2n) is 3.39. The molecule has 1 amide bonds. The number of amides is 1. The Labute approximate surface area is 128 Å². The van der Waals surface area contributed by atoms with E-state index in [4.69, 9.17) is 5.11 Å². The van der Waals surface area contributed by atoms with E-state index in [-0.39, 0.29) is 17.3 Å². The van der Waals surface area contributed by atoms with Gasteiger partial charge in [0.15, 0.2) is 5.69 Å². The van der Waals surface area contributed by atoms with Crippen molar-refractivity contribution in [2.75, 3.05) is 5.32 Å². The van der Waals surface area contributed by atoms with Gasteiger partial charge in [-0.2, -0.15) is 0 Å². The van der Waals surface area contributed by atoms with Crippen molar-refractivity contribution >= 4 is 60.8 Å². The van der Waals surface area contributed by atoms with Crippen molar-refractivity contribution in [2.45, 2.75) is 0 Å². The average Bonchev–Trinajstić information content (AvgIpc) is 2.70. The van der Waals surface area contributed by atoms with E-state index in [2.05, 4.69) is 42.2 Å². The molecule has 0 aliphatic rings. The molecule has 0 saturated carbocycles. The predicted octanol–water partition coefficient (Wildman–Crippen LogP) is 3.62. The molecule has 0 saturated heterocycles. The van der Waals surface area contributed by atoms with Gasteiger partial charge < -0.3 is 10.4 Å². The number of nitrogens with zero attached hydrogens (tertiary/aromatic N) is 1. The fourth-order valence-corrected chi connectivity index (χ4v) is 3.25. The van der Waals surface area contributed by atoms with Crippen LogP contribution in [-0.4, -0.2) is 22.0 Å². The first-order chi connectivity index (χ1) is 8.99. The fourth-order valence-electron chi connectivity index (χ4n) is 1.32. The molecule has 19 heavy (non-hydrogen) atoms. The molecule has 0 aliphatic carbocycles. The Balaban J connectivity index is 2.26. The number of carbonyl (C=O) groups is 2. The summed E-state index contributed by atoms with van der Waals surface area (Å²) in [6, 6.07) is 4.70. The predicted molar refractivity (Wildman–Crippen MR) is 78.9 cm³/mol. The monoisotopic (exact) mass is 404 g/mol. The van der Waals surface area contributed by atoms with Crippen LogP contribution < -0.4 is 5.32 Å². The van der Waals surface area contributed by atoms with Crippen LogP contribution in [0.2, 0.25) is 0 Å². The first-order valence-electron chi connectivity index (χ1n) is 4.93.